The Kier molecular flexibility index (Phi) is 3.81. The summed E-state index contributed by atoms with van der Waals surface area (Å²) in [6.45, 7) is 2.32. The zero-order valence-electron chi connectivity index (χ0n) is 10.9. The molecule has 2 rings (SSSR count). The van der Waals surface area contributed by atoms with Gasteiger partial charge in [-0.25, -0.2) is 4.39 Å². The molecule has 1 aromatic heterocycles. The van der Waals surface area contributed by atoms with E-state index in [1.54, 1.807) is 24.5 Å². The third kappa shape index (κ3) is 2.90. The SMILES string of the molecule is CC(CN)(Cc1ccncc1)c1ccc(N)cc1F. The number of aromatic nitrogens is 1. The Hall–Kier alpha value is -1.94. The van der Waals surface area contributed by atoms with E-state index in [0.29, 0.717) is 24.2 Å². The summed E-state index contributed by atoms with van der Waals surface area (Å²) in [5, 5.41) is 0. The second-order valence-electron chi connectivity index (χ2n) is 5.04. The fourth-order valence-corrected chi connectivity index (χ4v) is 2.25. The summed E-state index contributed by atoms with van der Waals surface area (Å²) >= 11 is 0. The predicted molar refractivity (Wildman–Crippen MR) is 75.2 cm³/mol. The van der Waals surface area contributed by atoms with E-state index >= 15 is 0 Å². The molecule has 0 saturated heterocycles. The summed E-state index contributed by atoms with van der Waals surface area (Å²) < 4.78 is 14.1. The Labute approximate surface area is 112 Å². The van der Waals surface area contributed by atoms with Crippen LogP contribution in [0.3, 0.4) is 0 Å². The molecule has 4 heteroatoms. The quantitative estimate of drug-likeness (QED) is 0.828. The van der Waals surface area contributed by atoms with Crippen LogP contribution in [-0.4, -0.2) is 11.5 Å². The Morgan fingerprint density at radius 3 is 2.47 bits per heavy atom. The molecule has 1 aromatic carbocycles. The van der Waals surface area contributed by atoms with Gasteiger partial charge in [0.1, 0.15) is 5.82 Å². The minimum absolute atomic E-state index is 0.304. The first-order chi connectivity index (χ1) is 9.05. The van der Waals surface area contributed by atoms with Crippen LogP contribution in [0.4, 0.5) is 10.1 Å². The molecule has 0 aliphatic rings. The standard InChI is InChI=1S/C15H18FN3/c1-15(10-17,9-11-4-6-19-7-5-11)13-3-2-12(18)8-14(13)16/h2-8H,9-10,17-18H2,1H3. The van der Waals surface area contributed by atoms with Crippen molar-refractivity contribution in [2.75, 3.05) is 12.3 Å². The van der Waals surface area contributed by atoms with E-state index < -0.39 is 5.41 Å². The van der Waals surface area contributed by atoms with E-state index in [1.165, 1.54) is 6.07 Å². The van der Waals surface area contributed by atoms with Crippen LogP contribution >= 0.6 is 0 Å². The molecule has 4 N–H and O–H groups in total. The molecule has 1 atom stereocenters. The Balaban J connectivity index is 2.36. The summed E-state index contributed by atoms with van der Waals surface area (Å²) in [5.74, 6) is -0.304. The van der Waals surface area contributed by atoms with Crippen LogP contribution < -0.4 is 11.5 Å². The maximum Gasteiger partial charge on any atom is 0.129 e. The van der Waals surface area contributed by atoms with E-state index in [1.807, 2.05) is 19.1 Å². The number of benzene rings is 1. The average molecular weight is 259 g/mol. The van der Waals surface area contributed by atoms with E-state index in [4.69, 9.17) is 11.5 Å². The smallest absolute Gasteiger partial charge is 0.129 e. The Bertz CT molecular complexity index is 557. The average Bonchev–Trinajstić information content (AvgIpc) is 2.39. The number of nitrogens with zero attached hydrogens (tertiary/aromatic N) is 1. The first-order valence-corrected chi connectivity index (χ1v) is 6.20. The molecule has 0 amide bonds. The maximum absolute atomic E-state index is 14.1. The molecule has 1 unspecified atom stereocenters. The van der Waals surface area contributed by atoms with Gasteiger partial charge in [0, 0.05) is 30.0 Å². The van der Waals surface area contributed by atoms with Gasteiger partial charge in [0.2, 0.25) is 0 Å². The van der Waals surface area contributed by atoms with Crippen molar-refractivity contribution in [1.82, 2.24) is 4.98 Å². The van der Waals surface area contributed by atoms with Gasteiger partial charge in [-0.2, -0.15) is 0 Å². The van der Waals surface area contributed by atoms with Crippen LogP contribution in [0.25, 0.3) is 0 Å². The molecule has 0 bridgehead atoms. The van der Waals surface area contributed by atoms with Gasteiger partial charge < -0.3 is 11.5 Å². The van der Waals surface area contributed by atoms with Gasteiger partial charge in [-0.3, -0.25) is 4.98 Å². The van der Waals surface area contributed by atoms with Gasteiger partial charge >= 0.3 is 0 Å². The molecule has 0 fully saturated rings. The van der Waals surface area contributed by atoms with E-state index in [-0.39, 0.29) is 5.82 Å². The first kappa shape index (κ1) is 13.5. The van der Waals surface area contributed by atoms with E-state index in [0.717, 1.165) is 5.56 Å². The van der Waals surface area contributed by atoms with Crippen molar-refractivity contribution in [1.29, 1.82) is 0 Å². The number of rotatable bonds is 4. The fourth-order valence-electron chi connectivity index (χ4n) is 2.25. The van der Waals surface area contributed by atoms with Gasteiger partial charge in [0.05, 0.1) is 0 Å². The molecule has 3 nitrogen and oxygen atoms in total. The normalized spacial score (nSPS) is 14.1. The number of hydrogen-bond acceptors (Lipinski definition) is 3. The highest BCUT2D eigenvalue weighted by molar-refractivity contribution is 5.43. The fraction of sp³-hybridized carbons (Fsp3) is 0.267. The number of pyridine rings is 1. The van der Waals surface area contributed by atoms with Gasteiger partial charge in [-0.05, 0) is 41.8 Å². The number of halogens is 1. The zero-order chi connectivity index (χ0) is 13.9. The molecule has 2 aromatic rings. The van der Waals surface area contributed by atoms with Crippen LogP contribution in [0.1, 0.15) is 18.1 Å². The summed E-state index contributed by atoms with van der Waals surface area (Å²) in [7, 11) is 0. The molecular weight excluding hydrogens is 241 g/mol. The molecule has 19 heavy (non-hydrogen) atoms. The van der Waals surface area contributed by atoms with E-state index in [9.17, 15) is 4.39 Å². The highest BCUT2D eigenvalue weighted by atomic mass is 19.1. The topological polar surface area (TPSA) is 64.9 Å². The molecule has 0 spiro atoms. The lowest BCUT2D eigenvalue weighted by Gasteiger charge is -2.29. The second-order valence-corrected chi connectivity index (χ2v) is 5.04. The lowest BCUT2D eigenvalue weighted by Crippen LogP contribution is -2.35. The van der Waals surface area contributed by atoms with Crippen molar-refractivity contribution < 1.29 is 4.39 Å². The van der Waals surface area contributed by atoms with Gasteiger partial charge in [-0.15, -0.1) is 0 Å². The number of nitrogen functional groups attached to an aromatic ring is 1. The number of anilines is 1. The summed E-state index contributed by atoms with van der Waals surface area (Å²) in [5.41, 5.74) is 13.1. The van der Waals surface area contributed by atoms with E-state index in [2.05, 4.69) is 4.98 Å². The summed E-state index contributed by atoms with van der Waals surface area (Å²) in [6.07, 6.45) is 4.12. The minimum Gasteiger partial charge on any atom is -0.399 e. The Morgan fingerprint density at radius 2 is 1.89 bits per heavy atom. The lowest BCUT2D eigenvalue weighted by atomic mass is 9.77. The van der Waals surface area contributed by atoms with Crippen molar-refractivity contribution in [3.63, 3.8) is 0 Å². The van der Waals surface area contributed by atoms with Crippen LogP contribution in [0.15, 0.2) is 42.7 Å². The van der Waals surface area contributed by atoms with Crippen molar-refractivity contribution in [3.05, 3.63) is 59.7 Å². The monoisotopic (exact) mass is 259 g/mol. The van der Waals surface area contributed by atoms with Crippen molar-refractivity contribution in [2.45, 2.75) is 18.8 Å². The first-order valence-electron chi connectivity index (χ1n) is 6.20. The van der Waals surface area contributed by atoms with Gasteiger partial charge in [-0.1, -0.05) is 13.0 Å². The largest absolute Gasteiger partial charge is 0.399 e. The predicted octanol–water partition coefficient (Wildman–Crippen LogP) is 2.26. The van der Waals surface area contributed by atoms with Crippen molar-refractivity contribution in [2.24, 2.45) is 5.73 Å². The van der Waals surface area contributed by atoms with Crippen molar-refractivity contribution in [3.8, 4) is 0 Å². The van der Waals surface area contributed by atoms with Crippen LogP contribution in [0.5, 0.6) is 0 Å². The molecule has 100 valence electrons. The van der Waals surface area contributed by atoms with Gasteiger partial charge in [0.15, 0.2) is 0 Å². The van der Waals surface area contributed by atoms with Gasteiger partial charge in [0.25, 0.3) is 0 Å². The molecule has 0 aliphatic heterocycles. The van der Waals surface area contributed by atoms with Crippen LogP contribution in [-0.2, 0) is 11.8 Å². The lowest BCUT2D eigenvalue weighted by molar-refractivity contribution is 0.450. The zero-order valence-corrected chi connectivity index (χ0v) is 10.9. The highest BCUT2D eigenvalue weighted by Crippen LogP contribution is 2.30. The highest BCUT2D eigenvalue weighted by Gasteiger charge is 2.28. The maximum atomic E-state index is 14.1. The third-order valence-electron chi connectivity index (χ3n) is 3.44. The Morgan fingerprint density at radius 1 is 1.21 bits per heavy atom. The summed E-state index contributed by atoms with van der Waals surface area (Å²) in [4.78, 5) is 3.98. The molecule has 1 heterocycles. The van der Waals surface area contributed by atoms with Crippen LogP contribution in [0, 0.1) is 5.82 Å². The van der Waals surface area contributed by atoms with Crippen molar-refractivity contribution >= 4 is 5.69 Å². The molecule has 0 aliphatic carbocycles. The number of nitrogens with two attached hydrogens (primary N) is 2. The molecule has 0 saturated carbocycles. The minimum atomic E-state index is -0.459. The molecular formula is C15H18FN3. The summed E-state index contributed by atoms with van der Waals surface area (Å²) in [6, 6.07) is 8.61. The second kappa shape index (κ2) is 5.36. The number of hydrogen-bond donors (Lipinski definition) is 2. The molecule has 0 radical (unpaired) electrons. The van der Waals surface area contributed by atoms with Crippen LogP contribution in [0.2, 0.25) is 0 Å². The third-order valence-corrected chi connectivity index (χ3v) is 3.44.